The summed E-state index contributed by atoms with van der Waals surface area (Å²) in [4.78, 5) is 39.6. The SMILES string of the molecule is Cc1nccc(N2C[C@@H]3C[C@H](C2)c2ccc(C(=O)N4CCCCCCC4)c(=O)n2C3)n1. The summed E-state index contributed by atoms with van der Waals surface area (Å²) in [6.45, 7) is 5.83. The topological polar surface area (TPSA) is 71.3 Å². The fraction of sp³-hybridized carbons (Fsp3) is 0.583. The maximum atomic E-state index is 13.4. The summed E-state index contributed by atoms with van der Waals surface area (Å²) in [7, 11) is 0. The first kappa shape index (κ1) is 20.2. The third-order valence-corrected chi connectivity index (χ3v) is 7.06. The maximum Gasteiger partial charge on any atom is 0.263 e. The Labute approximate surface area is 183 Å². The molecule has 5 heterocycles. The number of amides is 1. The molecular formula is C24H31N5O2. The van der Waals surface area contributed by atoms with Crippen molar-refractivity contribution in [1.82, 2.24) is 19.4 Å². The van der Waals surface area contributed by atoms with Crippen molar-refractivity contribution in [2.75, 3.05) is 31.1 Å². The summed E-state index contributed by atoms with van der Waals surface area (Å²) in [6, 6.07) is 5.77. The van der Waals surface area contributed by atoms with Crippen molar-refractivity contribution in [2.24, 2.45) is 5.92 Å². The lowest BCUT2D eigenvalue weighted by Gasteiger charge is -2.43. The van der Waals surface area contributed by atoms with Crippen molar-refractivity contribution in [2.45, 2.75) is 57.9 Å². The summed E-state index contributed by atoms with van der Waals surface area (Å²) in [6.07, 6.45) is 8.53. The van der Waals surface area contributed by atoms with Crippen LogP contribution in [-0.2, 0) is 6.54 Å². The van der Waals surface area contributed by atoms with E-state index in [-0.39, 0.29) is 17.4 Å². The zero-order valence-electron chi connectivity index (χ0n) is 18.3. The van der Waals surface area contributed by atoms with Gasteiger partial charge in [-0.3, -0.25) is 9.59 Å². The summed E-state index contributed by atoms with van der Waals surface area (Å²) >= 11 is 0. The van der Waals surface area contributed by atoms with E-state index >= 15 is 0 Å². The van der Waals surface area contributed by atoms with E-state index in [0.717, 1.165) is 62.8 Å². The van der Waals surface area contributed by atoms with E-state index in [4.69, 9.17) is 0 Å². The maximum absolute atomic E-state index is 13.4. The third-order valence-electron chi connectivity index (χ3n) is 7.06. The highest BCUT2D eigenvalue weighted by atomic mass is 16.2. The molecule has 2 atom stereocenters. The van der Waals surface area contributed by atoms with Crippen molar-refractivity contribution in [3.05, 3.63) is 51.8 Å². The van der Waals surface area contributed by atoms with Gasteiger partial charge < -0.3 is 14.4 Å². The van der Waals surface area contributed by atoms with Gasteiger partial charge in [-0.25, -0.2) is 9.97 Å². The molecule has 0 aromatic carbocycles. The Morgan fingerprint density at radius 2 is 1.77 bits per heavy atom. The summed E-state index contributed by atoms with van der Waals surface area (Å²) in [5, 5.41) is 0. The number of carbonyl (C=O) groups is 1. The minimum atomic E-state index is -0.106. The van der Waals surface area contributed by atoms with Gasteiger partial charge in [-0.1, -0.05) is 19.3 Å². The predicted octanol–water partition coefficient (Wildman–Crippen LogP) is 2.98. The molecule has 7 nitrogen and oxygen atoms in total. The number of hydrogen-bond donors (Lipinski definition) is 0. The van der Waals surface area contributed by atoms with Crippen LogP contribution < -0.4 is 10.5 Å². The number of carbonyl (C=O) groups excluding carboxylic acids is 1. The van der Waals surface area contributed by atoms with Crippen LogP contribution in [0.2, 0.25) is 0 Å². The number of likely N-dealkylation sites (tertiary alicyclic amines) is 1. The van der Waals surface area contributed by atoms with Crippen molar-refractivity contribution in [3.63, 3.8) is 0 Å². The molecule has 2 aromatic rings. The molecule has 0 aliphatic carbocycles. The molecule has 2 saturated heterocycles. The molecule has 0 N–H and O–H groups in total. The lowest BCUT2D eigenvalue weighted by Crippen LogP contribution is -2.48. The molecule has 0 radical (unpaired) electrons. The largest absolute Gasteiger partial charge is 0.355 e. The molecule has 5 rings (SSSR count). The van der Waals surface area contributed by atoms with Gasteiger partial charge >= 0.3 is 0 Å². The second-order valence-electron chi connectivity index (χ2n) is 9.31. The highest BCUT2D eigenvalue weighted by Crippen LogP contribution is 2.36. The standard InChI is InChI=1S/C24H31N5O2/c1-17-25-10-9-22(26-17)28-14-18-13-19(16-28)21-8-7-20(24(31)29(21)15-18)23(30)27-11-5-3-2-4-6-12-27/h7-10,18-19H,2-6,11-16H2,1H3/t18-,19+/m0/s1. The fourth-order valence-electron chi connectivity index (χ4n) is 5.54. The second-order valence-corrected chi connectivity index (χ2v) is 9.31. The first-order valence-electron chi connectivity index (χ1n) is 11.7. The molecule has 3 aliphatic heterocycles. The molecule has 0 spiro atoms. The molecule has 0 unspecified atom stereocenters. The fourth-order valence-corrected chi connectivity index (χ4v) is 5.54. The van der Waals surface area contributed by atoms with E-state index in [2.05, 4.69) is 14.9 Å². The molecule has 1 amide bonds. The Hall–Kier alpha value is -2.70. The number of nitrogens with zero attached hydrogens (tertiary/aromatic N) is 5. The molecule has 31 heavy (non-hydrogen) atoms. The average molecular weight is 422 g/mol. The monoisotopic (exact) mass is 421 g/mol. The highest BCUT2D eigenvalue weighted by Gasteiger charge is 2.36. The van der Waals surface area contributed by atoms with Crippen LogP contribution in [-0.4, -0.2) is 51.5 Å². The Morgan fingerprint density at radius 1 is 1.00 bits per heavy atom. The van der Waals surface area contributed by atoms with E-state index in [1.165, 1.54) is 19.3 Å². The number of aryl methyl sites for hydroxylation is 1. The van der Waals surface area contributed by atoms with Crippen molar-refractivity contribution >= 4 is 11.7 Å². The third kappa shape index (κ3) is 3.98. The van der Waals surface area contributed by atoms with Gasteiger partial charge in [-0.2, -0.15) is 0 Å². The van der Waals surface area contributed by atoms with Crippen LogP contribution >= 0.6 is 0 Å². The van der Waals surface area contributed by atoms with Gasteiger partial charge in [0, 0.05) is 50.5 Å². The number of fused-ring (bicyclic) bond motifs is 4. The number of anilines is 1. The normalized spacial score (nSPS) is 23.6. The molecule has 2 bridgehead atoms. The summed E-state index contributed by atoms with van der Waals surface area (Å²) < 4.78 is 1.89. The predicted molar refractivity (Wildman–Crippen MR) is 120 cm³/mol. The van der Waals surface area contributed by atoms with Gasteiger partial charge in [-0.05, 0) is 50.3 Å². The van der Waals surface area contributed by atoms with Crippen LogP contribution in [0.1, 0.15) is 66.3 Å². The molecular weight excluding hydrogens is 390 g/mol. The minimum Gasteiger partial charge on any atom is -0.355 e. The van der Waals surface area contributed by atoms with E-state index < -0.39 is 0 Å². The number of rotatable bonds is 2. The first-order chi connectivity index (χ1) is 15.1. The molecule has 2 fully saturated rings. The van der Waals surface area contributed by atoms with Gasteiger partial charge in [0.15, 0.2) is 0 Å². The number of aromatic nitrogens is 3. The van der Waals surface area contributed by atoms with E-state index in [9.17, 15) is 9.59 Å². The highest BCUT2D eigenvalue weighted by molar-refractivity contribution is 5.93. The van der Waals surface area contributed by atoms with Gasteiger partial charge in [0.05, 0.1) is 0 Å². The van der Waals surface area contributed by atoms with E-state index in [0.29, 0.717) is 18.0 Å². The Balaban J connectivity index is 1.40. The number of hydrogen-bond acceptors (Lipinski definition) is 5. The van der Waals surface area contributed by atoms with E-state index in [1.807, 2.05) is 34.7 Å². The van der Waals surface area contributed by atoms with Gasteiger partial charge in [0.25, 0.3) is 11.5 Å². The molecule has 3 aliphatic rings. The van der Waals surface area contributed by atoms with Crippen LogP contribution in [0, 0.1) is 12.8 Å². The molecule has 164 valence electrons. The van der Waals surface area contributed by atoms with Gasteiger partial charge in [0.1, 0.15) is 17.2 Å². The Bertz CT molecular complexity index is 1020. The van der Waals surface area contributed by atoms with Crippen LogP contribution in [0.4, 0.5) is 5.82 Å². The zero-order chi connectivity index (χ0) is 21.4. The van der Waals surface area contributed by atoms with Gasteiger partial charge in [-0.15, -0.1) is 0 Å². The quantitative estimate of drug-likeness (QED) is 0.746. The molecule has 7 heteroatoms. The van der Waals surface area contributed by atoms with E-state index in [1.54, 1.807) is 6.07 Å². The smallest absolute Gasteiger partial charge is 0.263 e. The van der Waals surface area contributed by atoms with Crippen LogP contribution in [0.25, 0.3) is 0 Å². The Kier molecular flexibility index (Phi) is 5.50. The lowest BCUT2D eigenvalue weighted by molar-refractivity contribution is 0.0739. The second kappa shape index (κ2) is 8.44. The average Bonchev–Trinajstić information content (AvgIpc) is 2.74. The summed E-state index contributed by atoms with van der Waals surface area (Å²) in [5.74, 6) is 2.31. The lowest BCUT2D eigenvalue weighted by atomic mass is 9.83. The van der Waals surface area contributed by atoms with Crippen LogP contribution in [0.5, 0.6) is 0 Å². The van der Waals surface area contributed by atoms with Crippen LogP contribution in [0.3, 0.4) is 0 Å². The minimum absolute atomic E-state index is 0.0870. The first-order valence-corrected chi connectivity index (χ1v) is 11.7. The van der Waals surface area contributed by atoms with Crippen molar-refractivity contribution < 1.29 is 4.79 Å². The number of piperidine rings is 1. The van der Waals surface area contributed by atoms with Crippen molar-refractivity contribution in [3.8, 4) is 0 Å². The Morgan fingerprint density at radius 3 is 2.55 bits per heavy atom. The summed E-state index contributed by atoms with van der Waals surface area (Å²) in [5.41, 5.74) is 1.29. The van der Waals surface area contributed by atoms with Crippen molar-refractivity contribution in [1.29, 1.82) is 0 Å². The number of pyridine rings is 1. The zero-order valence-corrected chi connectivity index (χ0v) is 18.3. The van der Waals surface area contributed by atoms with Crippen LogP contribution in [0.15, 0.2) is 29.2 Å². The molecule has 0 saturated carbocycles. The molecule has 2 aromatic heterocycles. The van der Waals surface area contributed by atoms with Gasteiger partial charge in [0.2, 0.25) is 0 Å².